The molecule has 0 N–H and O–H groups in total. The number of nitro benzene ring substituents is 1. The van der Waals surface area contributed by atoms with Crippen LogP contribution in [0.25, 0.3) is 21.5 Å². The molecule has 4 atom stereocenters. The molecule has 1 saturated heterocycles. The fraction of sp³-hybridized carbons (Fsp3) is 0.103. The van der Waals surface area contributed by atoms with Gasteiger partial charge in [0.1, 0.15) is 0 Å². The Hall–Kier alpha value is -5.95. The molecular formula is C39H24N2O5. The van der Waals surface area contributed by atoms with E-state index in [1.54, 1.807) is 0 Å². The maximum absolute atomic E-state index is 15.8. The number of hydrogen-bond acceptors (Lipinski definition) is 5. The fourth-order valence-electron chi connectivity index (χ4n) is 8.95. The Labute approximate surface area is 262 Å². The second kappa shape index (κ2) is 9.05. The van der Waals surface area contributed by atoms with E-state index in [2.05, 4.69) is 0 Å². The summed E-state index contributed by atoms with van der Waals surface area (Å²) < 4.78 is 0. The van der Waals surface area contributed by atoms with Gasteiger partial charge in [-0.05, 0) is 49.9 Å². The summed E-state index contributed by atoms with van der Waals surface area (Å²) in [5, 5.41) is 15.4. The summed E-state index contributed by atoms with van der Waals surface area (Å²) in [4.78, 5) is 58.0. The van der Waals surface area contributed by atoms with E-state index in [0.29, 0.717) is 11.1 Å². The summed E-state index contributed by atoms with van der Waals surface area (Å²) in [6.45, 7) is 0. The number of nitrogens with zero attached hydrogens (tertiary/aromatic N) is 2. The second-order valence-electron chi connectivity index (χ2n) is 12.3. The highest BCUT2D eigenvalue weighted by Gasteiger charge is 2.82. The zero-order valence-electron chi connectivity index (χ0n) is 24.3. The van der Waals surface area contributed by atoms with Crippen LogP contribution in [0.4, 0.5) is 11.4 Å². The molecule has 46 heavy (non-hydrogen) atoms. The van der Waals surface area contributed by atoms with E-state index in [-0.39, 0.29) is 17.2 Å². The first-order valence-corrected chi connectivity index (χ1v) is 15.2. The molecule has 3 aliphatic rings. The molecule has 7 heteroatoms. The number of Topliss-reactive ketones (excluding diaryl/α,β-unsaturated/α-hetero) is 1. The maximum Gasteiger partial charge on any atom is 0.271 e. The second-order valence-corrected chi connectivity index (χ2v) is 12.3. The lowest BCUT2D eigenvalue weighted by Crippen LogP contribution is -2.45. The van der Waals surface area contributed by atoms with Gasteiger partial charge in [0.15, 0.2) is 5.78 Å². The van der Waals surface area contributed by atoms with Crippen LogP contribution in [-0.4, -0.2) is 22.5 Å². The number of carbonyl (C=O) groups is 3. The molecule has 2 fully saturated rings. The minimum Gasteiger partial charge on any atom is -0.297 e. The van der Waals surface area contributed by atoms with Gasteiger partial charge >= 0.3 is 0 Å². The molecule has 7 nitrogen and oxygen atoms in total. The van der Waals surface area contributed by atoms with Gasteiger partial charge in [-0.15, -0.1) is 0 Å². The predicted octanol–water partition coefficient (Wildman–Crippen LogP) is 6.88. The van der Waals surface area contributed by atoms with Crippen molar-refractivity contribution in [3.8, 4) is 0 Å². The number of amides is 2. The third-order valence-corrected chi connectivity index (χ3v) is 10.4. The van der Waals surface area contributed by atoms with Gasteiger partial charge in [-0.1, -0.05) is 115 Å². The number of non-ortho nitro benzene ring substituents is 1. The van der Waals surface area contributed by atoms with Crippen LogP contribution in [0.3, 0.4) is 0 Å². The van der Waals surface area contributed by atoms with Gasteiger partial charge in [0.25, 0.3) is 5.69 Å². The van der Waals surface area contributed by atoms with E-state index in [0.717, 1.165) is 37.6 Å². The summed E-state index contributed by atoms with van der Waals surface area (Å²) in [5.41, 5.74) is -0.301. The Morgan fingerprint density at radius 2 is 0.978 bits per heavy atom. The summed E-state index contributed by atoms with van der Waals surface area (Å²) in [6, 6.07) is 40.2. The normalized spacial score (nSPS) is 24.5. The lowest BCUT2D eigenvalue weighted by Gasteiger charge is -2.38. The van der Waals surface area contributed by atoms with E-state index in [9.17, 15) is 19.7 Å². The molecule has 6 aromatic rings. The fourth-order valence-corrected chi connectivity index (χ4v) is 8.95. The number of fused-ring (bicyclic) bond motifs is 13. The highest BCUT2D eigenvalue weighted by atomic mass is 16.6. The third-order valence-electron chi connectivity index (χ3n) is 10.4. The van der Waals surface area contributed by atoms with Crippen molar-refractivity contribution < 1.29 is 19.3 Å². The minimum absolute atomic E-state index is 0.121. The Bertz CT molecular complexity index is 2200. The largest absolute Gasteiger partial charge is 0.297 e. The van der Waals surface area contributed by atoms with Gasteiger partial charge in [-0.25, -0.2) is 4.90 Å². The molecule has 1 aliphatic heterocycles. The summed E-state index contributed by atoms with van der Waals surface area (Å²) in [5.74, 6) is -3.41. The molecule has 9 rings (SSSR count). The summed E-state index contributed by atoms with van der Waals surface area (Å²) in [7, 11) is 0. The van der Waals surface area contributed by atoms with E-state index < -0.39 is 39.4 Å². The molecule has 1 saturated carbocycles. The first-order valence-electron chi connectivity index (χ1n) is 15.2. The van der Waals surface area contributed by atoms with Gasteiger partial charge in [-0.2, -0.15) is 0 Å². The van der Waals surface area contributed by atoms with Crippen molar-refractivity contribution >= 4 is 50.5 Å². The molecular weight excluding hydrogens is 576 g/mol. The first kappa shape index (κ1) is 26.5. The Balaban J connectivity index is 1.48. The van der Waals surface area contributed by atoms with E-state index in [1.807, 2.05) is 109 Å². The quantitative estimate of drug-likeness (QED) is 0.0952. The van der Waals surface area contributed by atoms with E-state index in [1.165, 1.54) is 24.3 Å². The molecule has 0 radical (unpaired) electrons. The zero-order chi connectivity index (χ0) is 31.4. The lowest BCUT2D eigenvalue weighted by molar-refractivity contribution is -0.384. The van der Waals surface area contributed by atoms with Gasteiger partial charge in [-0.3, -0.25) is 24.5 Å². The number of hydrogen-bond donors (Lipinski definition) is 0. The van der Waals surface area contributed by atoms with Crippen LogP contribution in [0.15, 0.2) is 133 Å². The van der Waals surface area contributed by atoms with Crippen molar-refractivity contribution in [2.24, 2.45) is 11.8 Å². The van der Waals surface area contributed by atoms with Crippen LogP contribution in [0.5, 0.6) is 0 Å². The number of carbonyl (C=O) groups excluding carboxylic acids is 3. The van der Waals surface area contributed by atoms with Crippen LogP contribution >= 0.6 is 0 Å². The number of ketones is 1. The third kappa shape index (κ3) is 2.91. The van der Waals surface area contributed by atoms with Crippen molar-refractivity contribution in [2.75, 3.05) is 4.90 Å². The minimum atomic E-state index is -1.50. The number of anilines is 1. The van der Waals surface area contributed by atoms with Crippen LogP contribution in [-0.2, 0) is 25.2 Å². The average molecular weight is 601 g/mol. The van der Waals surface area contributed by atoms with Crippen molar-refractivity contribution in [2.45, 2.75) is 10.8 Å². The number of nitro groups is 1. The van der Waals surface area contributed by atoms with E-state index in [4.69, 9.17) is 0 Å². The molecule has 0 aromatic heterocycles. The summed E-state index contributed by atoms with van der Waals surface area (Å²) in [6.07, 6.45) is 0. The molecule has 0 unspecified atom stereocenters. The zero-order valence-corrected chi connectivity index (χ0v) is 24.3. The molecule has 1 heterocycles. The Kier molecular flexibility index (Phi) is 5.20. The van der Waals surface area contributed by atoms with Gasteiger partial charge in [0, 0.05) is 12.1 Å². The molecule has 2 bridgehead atoms. The highest BCUT2D eigenvalue weighted by molar-refractivity contribution is 6.34. The summed E-state index contributed by atoms with van der Waals surface area (Å²) >= 11 is 0. The van der Waals surface area contributed by atoms with Crippen LogP contribution in [0, 0.1) is 22.0 Å². The monoisotopic (exact) mass is 600 g/mol. The Morgan fingerprint density at radius 1 is 0.543 bits per heavy atom. The molecule has 2 aliphatic carbocycles. The lowest BCUT2D eigenvalue weighted by atomic mass is 9.59. The van der Waals surface area contributed by atoms with Gasteiger partial charge in [0.05, 0.1) is 33.3 Å². The highest BCUT2D eigenvalue weighted by Crippen LogP contribution is 2.72. The topological polar surface area (TPSA) is 97.6 Å². The van der Waals surface area contributed by atoms with Gasteiger partial charge < -0.3 is 0 Å². The smallest absolute Gasteiger partial charge is 0.271 e. The molecule has 220 valence electrons. The SMILES string of the molecule is O=C1[C@@H]2[C@H](C(=O)N1c1cccc([N+](=O)[O-])c1)[C@@]1(c3ccccc3)C(=O)[C@]2(c2ccccc2)c2c1c1ccccc1c1ccccc21. The predicted molar refractivity (Wildman–Crippen MR) is 173 cm³/mol. The van der Waals surface area contributed by atoms with Crippen molar-refractivity contribution in [3.05, 3.63) is 166 Å². The van der Waals surface area contributed by atoms with Crippen molar-refractivity contribution in [1.29, 1.82) is 0 Å². The maximum atomic E-state index is 15.8. The number of imide groups is 1. The number of benzene rings is 6. The van der Waals surface area contributed by atoms with Crippen LogP contribution in [0.1, 0.15) is 22.3 Å². The van der Waals surface area contributed by atoms with Crippen LogP contribution in [0.2, 0.25) is 0 Å². The van der Waals surface area contributed by atoms with Gasteiger partial charge in [0.2, 0.25) is 11.8 Å². The van der Waals surface area contributed by atoms with Crippen molar-refractivity contribution in [1.82, 2.24) is 0 Å². The van der Waals surface area contributed by atoms with Crippen molar-refractivity contribution in [3.63, 3.8) is 0 Å². The first-order chi connectivity index (χ1) is 22.4. The molecule has 6 aromatic carbocycles. The van der Waals surface area contributed by atoms with Crippen LogP contribution < -0.4 is 4.90 Å². The molecule has 0 spiro atoms. The standard InChI is InChI=1S/C39H24N2O5/c42-35-33-34(36(43)40(35)25-16-11-17-26(22-25)41(45)46)39(24-14-5-2-6-15-24)32-30-21-10-8-19-28(30)27-18-7-9-20-29(27)31(32)38(33,37(39)44)23-12-3-1-4-13-23/h1-22,33-34H/t33-,34+,38+,39-. The average Bonchev–Trinajstić information content (AvgIpc) is 3.61. The Morgan fingerprint density at radius 3 is 1.43 bits per heavy atom. The number of rotatable bonds is 4. The van der Waals surface area contributed by atoms with E-state index >= 15 is 4.79 Å². The molecule has 2 amide bonds.